The van der Waals surface area contributed by atoms with Crippen molar-refractivity contribution in [1.82, 2.24) is 4.72 Å². The van der Waals surface area contributed by atoms with Gasteiger partial charge in [-0.2, -0.15) is 9.98 Å². The quantitative estimate of drug-likeness (QED) is 0.838. The number of benzene rings is 1. The van der Waals surface area contributed by atoms with Gasteiger partial charge in [-0.05, 0) is 26.0 Å². The van der Waals surface area contributed by atoms with Crippen molar-refractivity contribution in [2.45, 2.75) is 24.8 Å². The lowest BCUT2D eigenvalue weighted by Crippen LogP contribution is -2.31. The Morgan fingerprint density at radius 1 is 1.33 bits per heavy atom. The lowest BCUT2D eigenvalue weighted by molar-refractivity contribution is 0.577. The molecule has 0 aliphatic carbocycles. The van der Waals surface area contributed by atoms with Crippen molar-refractivity contribution in [1.29, 1.82) is 5.26 Å². The molecule has 80 valence electrons. The number of rotatable bonds is 3. The van der Waals surface area contributed by atoms with E-state index in [4.69, 9.17) is 5.26 Å². The van der Waals surface area contributed by atoms with Gasteiger partial charge in [0.2, 0.25) is 10.0 Å². The first-order valence-corrected chi connectivity index (χ1v) is 5.92. The molecule has 0 amide bonds. The molecule has 1 aromatic carbocycles. The third kappa shape index (κ3) is 3.05. The highest BCUT2D eigenvalue weighted by molar-refractivity contribution is 7.89. The van der Waals surface area contributed by atoms with Crippen LogP contribution in [0.25, 0.3) is 0 Å². The zero-order chi connectivity index (χ0) is 11.5. The van der Waals surface area contributed by atoms with Crippen LogP contribution in [0.5, 0.6) is 0 Å². The first kappa shape index (κ1) is 11.7. The van der Waals surface area contributed by atoms with E-state index in [0.29, 0.717) is 0 Å². The second kappa shape index (κ2) is 4.43. The lowest BCUT2D eigenvalue weighted by atomic mass is 10.2. The van der Waals surface area contributed by atoms with Crippen LogP contribution in [0.15, 0.2) is 29.2 Å². The molecular formula is C10H12N2O2S. The van der Waals surface area contributed by atoms with Gasteiger partial charge in [0, 0.05) is 0 Å². The van der Waals surface area contributed by atoms with E-state index in [1.54, 1.807) is 12.1 Å². The van der Waals surface area contributed by atoms with Crippen molar-refractivity contribution in [3.63, 3.8) is 0 Å². The molecule has 0 unspecified atom stereocenters. The summed E-state index contributed by atoms with van der Waals surface area (Å²) in [5.41, 5.74) is 0.988. The number of nitrogens with one attached hydrogen (secondary N) is 1. The monoisotopic (exact) mass is 224 g/mol. The minimum Gasteiger partial charge on any atom is -0.207 e. The Balaban J connectivity index is 2.98. The Morgan fingerprint density at radius 3 is 2.33 bits per heavy atom. The number of aryl methyl sites for hydroxylation is 1. The van der Waals surface area contributed by atoms with Gasteiger partial charge in [-0.15, -0.1) is 0 Å². The summed E-state index contributed by atoms with van der Waals surface area (Å²) in [6, 6.07) is 7.55. The maximum atomic E-state index is 11.7. The second-order valence-electron chi connectivity index (χ2n) is 3.29. The van der Waals surface area contributed by atoms with E-state index in [2.05, 4.69) is 4.72 Å². The molecule has 1 aromatic rings. The van der Waals surface area contributed by atoms with Gasteiger partial charge in [-0.25, -0.2) is 8.42 Å². The van der Waals surface area contributed by atoms with E-state index < -0.39 is 16.1 Å². The molecule has 4 nitrogen and oxygen atoms in total. The van der Waals surface area contributed by atoms with Gasteiger partial charge >= 0.3 is 0 Å². The number of hydrogen-bond donors (Lipinski definition) is 1. The van der Waals surface area contributed by atoms with Crippen LogP contribution < -0.4 is 4.72 Å². The zero-order valence-corrected chi connectivity index (χ0v) is 9.38. The molecule has 0 bridgehead atoms. The highest BCUT2D eigenvalue weighted by Gasteiger charge is 2.16. The van der Waals surface area contributed by atoms with Crippen LogP contribution in [0.1, 0.15) is 12.5 Å². The fraction of sp³-hybridized carbons (Fsp3) is 0.300. The van der Waals surface area contributed by atoms with Crippen LogP contribution in [-0.2, 0) is 10.0 Å². The van der Waals surface area contributed by atoms with E-state index in [9.17, 15) is 8.42 Å². The van der Waals surface area contributed by atoms with Gasteiger partial charge < -0.3 is 0 Å². The van der Waals surface area contributed by atoms with Gasteiger partial charge in [-0.3, -0.25) is 0 Å². The molecule has 0 aliphatic heterocycles. The van der Waals surface area contributed by atoms with Crippen LogP contribution in [0.4, 0.5) is 0 Å². The smallest absolute Gasteiger partial charge is 0.207 e. The summed E-state index contributed by atoms with van der Waals surface area (Å²) in [7, 11) is -3.56. The molecule has 0 saturated heterocycles. The molecule has 0 fully saturated rings. The summed E-state index contributed by atoms with van der Waals surface area (Å²) in [5.74, 6) is 0. The second-order valence-corrected chi connectivity index (χ2v) is 5.00. The minimum atomic E-state index is -3.56. The molecule has 0 heterocycles. The summed E-state index contributed by atoms with van der Waals surface area (Å²) < 4.78 is 25.6. The Hall–Kier alpha value is -1.38. The molecule has 1 atom stereocenters. The standard InChI is InChI=1S/C10H12N2O2S/c1-8-3-5-10(6-4-8)15(13,14)12-9(2)7-11/h3-6,9,12H,1-2H3/t9-/m0/s1. The predicted octanol–water partition coefficient (Wildman–Crippen LogP) is 1.19. The summed E-state index contributed by atoms with van der Waals surface area (Å²) >= 11 is 0. The number of nitrogens with zero attached hydrogens (tertiary/aromatic N) is 1. The lowest BCUT2D eigenvalue weighted by Gasteiger charge is -2.07. The minimum absolute atomic E-state index is 0.176. The van der Waals surface area contributed by atoms with Crippen LogP contribution in [0.3, 0.4) is 0 Å². The van der Waals surface area contributed by atoms with Crippen molar-refractivity contribution >= 4 is 10.0 Å². The van der Waals surface area contributed by atoms with Crippen LogP contribution >= 0.6 is 0 Å². The number of nitriles is 1. The molecule has 15 heavy (non-hydrogen) atoms. The maximum Gasteiger partial charge on any atom is 0.241 e. The molecule has 0 saturated carbocycles. The first-order valence-electron chi connectivity index (χ1n) is 4.44. The summed E-state index contributed by atoms with van der Waals surface area (Å²) in [5, 5.41) is 8.51. The molecule has 1 N–H and O–H groups in total. The average molecular weight is 224 g/mol. The summed E-state index contributed by atoms with van der Waals surface area (Å²) in [6.45, 7) is 3.37. The molecule has 0 spiro atoms. The van der Waals surface area contributed by atoms with Crippen molar-refractivity contribution in [2.24, 2.45) is 0 Å². The van der Waals surface area contributed by atoms with Crippen molar-refractivity contribution in [2.75, 3.05) is 0 Å². The molecule has 1 rings (SSSR count). The third-order valence-electron chi connectivity index (χ3n) is 1.86. The van der Waals surface area contributed by atoms with Crippen LogP contribution in [-0.4, -0.2) is 14.5 Å². The van der Waals surface area contributed by atoms with E-state index >= 15 is 0 Å². The molecule has 0 aliphatic rings. The Morgan fingerprint density at radius 2 is 1.87 bits per heavy atom. The third-order valence-corrected chi connectivity index (χ3v) is 3.41. The van der Waals surface area contributed by atoms with E-state index in [0.717, 1.165) is 5.56 Å². The van der Waals surface area contributed by atoms with Crippen molar-refractivity contribution < 1.29 is 8.42 Å². The zero-order valence-electron chi connectivity index (χ0n) is 8.56. The van der Waals surface area contributed by atoms with E-state index in [-0.39, 0.29) is 4.90 Å². The predicted molar refractivity (Wildman–Crippen MR) is 56.6 cm³/mol. The van der Waals surface area contributed by atoms with Crippen LogP contribution in [0, 0.1) is 18.3 Å². The summed E-state index contributed by atoms with van der Waals surface area (Å²) in [6.07, 6.45) is 0. The van der Waals surface area contributed by atoms with E-state index in [1.165, 1.54) is 19.1 Å². The van der Waals surface area contributed by atoms with Crippen molar-refractivity contribution in [3.8, 4) is 6.07 Å². The van der Waals surface area contributed by atoms with Crippen molar-refractivity contribution in [3.05, 3.63) is 29.8 Å². The molecule has 0 aromatic heterocycles. The van der Waals surface area contributed by atoms with Gasteiger partial charge in [0.25, 0.3) is 0 Å². The Kier molecular flexibility index (Phi) is 3.45. The highest BCUT2D eigenvalue weighted by atomic mass is 32.2. The molecule has 5 heteroatoms. The van der Waals surface area contributed by atoms with Crippen LogP contribution in [0.2, 0.25) is 0 Å². The number of sulfonamides is 1. The van der Waals surface area contributed by atoms with Gasteiger partial charge in [0.15, 0.2) is 0 Å². The fourth-order valence-corrected chi connectivity index (χ4v) is 2.19. The van der Waals surface area contributed by atoms with Gasteiger partial charge in [0.1, 0.15) is 6.04 Å². The largest absolute Gasteiger partial charge is 0.241 e. The SMILES string of the molecule is Cc1ccc(S(=O)(=O)N[C@@H](C)C#N)cc1. The summed E-state index contributed by atoms with van der Waals surface area (Å²) in [4.78, 5) is 0.176. The topological polar surface area (TPSA) is 70.0 Å². The Bertz CT molecular complexity index is 471. The van der Waals surface area contributed by atoms with E-state index in [1.807, 2.05) is 13.0 Å². The van der Waals surface area contributed by atoms with Gasteiger partial charge in [0.05, 0.1) is 11.0 Å². The first-order chi connectivity index (χ1) is 6.95. The molecular weight excluding hydrogens is 212 g/mol. The average Bonchev–Trinajstić information content (AvgIpc) is 2.17. The highest BCUT2D eigenvalue weighted by Crippen LogP contribution is 2.10. The maximum absolute atomic E-state index is 11.7. The molecule has 0 radical (unpaired) electrons. The van der Waals surface area contributed by atoms with Gasteiger partial charge in [-0.1, -0.05) is 17.7 Å². The normalized spacial score (nSPS) is 13.1. The Labute approximate surface area is 89.6 Å². The fourth-order valence-electron chi connectivity index (χ4n) is 1.04. The number of hydrogen-bond acceptors (Lipinski definition) is 3.